The lowest BCUT2D eigenvalue weighted by Crippen LogP contribution is -2.30. The molecule has 0 saturated heterocycles. The molecule has 0 fully saturated rings. The Bertz CT molecular complexity index is 657. The maximum absolute atomic E-state index is 12.3. The number of hydrogen-bond acceptors (Lipinski definition) is 4. The van der Waals surface area contributed by atoms with Gasteiger partial charge in [-0.3, -0.25) is 4.79 Å². The Morgan fingerprint density at radius 1 is 1.13 bits per heavy atom. The summed E-state index contributed by atoms with van der Waals surface area (Å²) >= 11 is 0. The molecule has 122 valence electrons. The van der Waals surface area contributed by atoms with Gasteiger partial charge in [0.25, 0.3) is 5.91 Å². The summed E-state index contributed by atoms with van der Waals surface area (Å²) < 4.78 is 16.3. The molecule has 0 aromatic heterocycles. The molecule has 5 nitrogen and oxygen atoms in total. The second-order valence-corrected chi connectivity index (χ2v) is 4.86. The van der Waals surface area contributed by atoms with Gasteiger partial charge in [0.1, 0.15) is 17.2 Å². The highest BCUT2D eigenvalue weighted by molar-refractivity contribution is 5.95. The molecule has 1 unspecified atom stereocenters. The number of rotatable bonds is 7. The summed E-state index contributed by atoms with van der Waals surface area (Å²) in [6.45, 7) is 4.12. The molecule has 1 amide bonds. The third-order valence-electron chi connectivity index (χ3n) is 3.17. The average Bonchev–Trinajstić information content (AvgIpc) is 2.57. The zero-order chi connectivity index (χ0) is 16.7. The van der Waals surface area contributed by atoms with Crippen molar-refractivity contribution in [3.05, 3.63) is 48.5 Å². The number of carbonyl (C=O) groups excluding carboxylic acids is 1. The molecule has 1 atom stereocenters. The van der Waals surface area contributed by atoms with Gasteiger partial charge in [-0.1, -0.05) is 18.2 Å². The highest BCUT2D eigenvalue weighted by Gasteiger charge is 2.16. The van der Waals surface area contributed by atoms with E-state index in [9.17, 15) is 4.79 Å². The van der Waals surface area contributed by atoms with Crippen molar-refractivity contribution in [2.45, 2.75) is 20.0 Å². The molecule has 0 heterocycles. The summed E-state index contributed by atoms with van der Waals surface area (Å²) in [6.07, 6.45) is -0.656. The quantitative estimate of drug-likeness (QED) is 0.849. The van der Waals surface area contributed by atoms with E-state index in [0.29, 0.717) is 29.5 Å². The first-order valence-corrected chi connectivity index (χ1v) is 7.47. The van der Waals surface area contributed by atoms with Gasteiger partial charge in [0, 0.05) is 6.07 Å². The summed E-state index contributed by atoms with van der Waals surface area (Å²) in [5.74, 6) is 1.64. The van der Waals surface area contributed by atoms with Crippen LogP contribution in [0.1, 0.15) is 13.8 Å². The Morgan fingerprint density at radius 2 is 1.87 bits per heavy atom. The number of carbonyl (C=O) groups is 1. The van der Waals surface area contributed by atoms with Crippen LogP contribution in [0, 0.1) is 0 Å². The second-order valence-electron chi connectivity index (χ2n) is 4.86. The molecule has 2 aromatic rings. The maximum Gasteiger partial charge on any atom is 0.265 e. The van der Waals surface area contributed by atoms with Crippen LogP contribution in [0.4, 0.5) is 5.69 Å². The first kappa shape index (κ1) is 16.7. The SMILES string of the molecule is CCOc1ccccc1NC(=O)C(C)Oc1cccc(OC)c1. The van der Waals surface area contributed by atoms with E-state index in [1.807, 2.05) is 37.3 Å². The number of methoxy groups -OCH3 is 1. The van der Waals surface area contributed by atoms with Crippen molar-refractivity contribution in [3.8, 4) is 17.2 Å². The highest BCUT2D eigenvalue weighted by atomic mass is 16.5. The molecule has 23 heavy (non-hydrogen) atoms. The van der Waals surface area contributed by atoms with Crippen LogP contribution in [-0.2, 0) is 4.79 Å². The fourth-order valence-electron chi connectivity index (χ4n) is 2.02. The fourth-order valence-corrected chi connectivity index (χ4v) is 2.02. The van der Waals surface area contributed by atoms with Crippen molar-refractivity contribution in [3.63, 3.8) is 0 Å². The molecule has 0 radical (unpaired) electrons. The Balaban J connectivity index is 2.02. The van der Waals surface area contributed by atoms with Crippen molar-refractivity contribution in [1.29, 1.82) is 0 Å². The maximum atomic E-state index is 12.3. The van der Waals surface area contributed by atoms with Crippen LogP contribution in [0.5, 0.6) is 17.2 Å². The minimum atomic E-state index is -0.656. The molecular weight excluding hydrogens is 294 g/mol. The number of para-hydroxylation sites is 2. The summed E-state index contributed by atoms with van der Waals surface area (Å²) in [4.78, 5) is 12.3. The van der Waals surface area contributed by atoms with Gasteiger partial charge < -0.3 is 19.5 Å². The van der Waals surface area contributed by atoms with E-state index in [1.165, 1.54) is 0 Å². The molecule has 2 aromatic carbocycles. The fraction of sp³-hybridized carbons (Fsp3) is 0.278. The van der Waals surface area contributed by atoms with Crippen molar-refractivity contribution in [1.82, 2.24) is 0 Å². The van der Waals surface area contributed by atoms with Crippen molar-refractivity contribution < 1.29 is 19.0 Å². The highest BCUT2D eigenvalue weighted by Crippen LogP contribution is 2.24. The molecule has 0 spiro atoms. The molecule has 2 rings (SSSR count). The van der Waals surface area contributed by atoms with Crippen LogP contribution >= 0.6 is 0 Å². The van der Waals surface area contributed by atoms with Crippen LogP contribution < -0.4 is 19.5 Å². The van der Waals surface area contributed by atoms with Gasteiger partial charge in [0.2, 0.25) is 0 Å². The minimum Gasteiger partial charge on any atom is -0.497 e. The largest absolute Gasteiger partial charge is 0.497 e. The molecule has 0 saturated carbocycles. The number of hydrogen-bond donors (Lipinski definition) is 1. The summed E-state index contributed by atoms with van der Waals surface area (Å²) in [5.41, 5.74) is 0.625. The topological polar surface area (TPSA) is 56.8 Å². The van der Waals surface area contributed by atoms with Crippen LogP contribution in [-0.4, -0.2) is 25.7 Å². The number of nitrogens with one attached hydrogen (secondary N) is 1. The monoisotopic (exact) mass is 315 g/mol. The summed E-state index contributed by atoms with van der Waals surface area (Å²) in [6, 6.07) is 14.4. The molecule has 5 heteroatoms. The third kappa shape index (κ3) is 4.64. The molecule has 0 aliphatic rings. The minimum absolute atomic E-state index is 0.250. The van der Waals surface area contributed by atoms with E-state index in [-0.39, 0.29) is 5.91 Å². The van der Waals surface area contributed by atoms with Crippen molar-refractivity contribution in [2.24, 2.45) is 0 Å². The Labute approximate surface area is 136 Å². The average molecular weight is 315 g/mol. The number of anilines is 1. The van der Waals surface area contributed by atoms with E-state index in [4.69, 9.17) is 14.2 Å². The zero-order valence-electron chi connectivity index (χ0n) is 13.5. The van der Waals surface area contributed by atoms with Crippen LogP contribution in [0.25, 0.3) is 0 Å². The van der Waals surface area contributed by atoms with Crippen LogP contribution in [0.15, 0.2) is 48.5 Å². The second kappa shape index (κ2) is 8.08. The smallest absolute Gasteiger partial charge is 0.265 e. The van der Waals surface area contributed by atoms with Gasteiger partial charge in [0.15, 0.2) is 6.10 Å². The Morgan fingerprint density at radius 3 is 2.61 bits per heavy atom. The van der Waals surface area contributed by atoms with Gasteiger partial charge in [-0.25, -0.2) is 0 Å². The van der Waals surface area contributed by atoms with Gasteiger partial charge in [-0.15, -0.1) is 0 Å². The van der Waals surface area contributed by atoms with Crippen LogP contribution in [0.3, 0.4) is 0 Å². The number of ether oxygens (including phenoxy) is 3. The van der Waals surface area contributed by atoms with Gasteiger partial charge in [-0.05, 0) is 38.1 Å². The lowest BCUT2D eigenvalue weighted by atomic mass is 10.2. The predicted octanol–water partition coefficient (Wildman–Crippen LogP) is 3.50. The lowest BCUT2D eigenvalue weighted by Gasteiger charge is -2.16. The Hall–Kier alpha value is -2.69. The van der Waals surface area contributed by atoms with Crippen molar-refractivity contribution in [2.75, 3.05) is 19.0 Å². The van der Waals surface area contributed by atoms with Gasteiger partial charge in [-0.2, -0.15) is 0 Å². The number of amides is 1. The summed E-state index contributed by atoms with van der Waals surface area (Å²) in [7, 11) is 1.58. The van der Waals surface area contributed by atoms with E-state index in [0.717, 1.165) is 0 Å². The predicted molar refractivity (Wildman–Crippen MR) is 89.3 cm³/mol. The molecule has 1 N–H and O–H groups in total. The molecule has 0 aliphatic heterocycles. The zero-order valence-corrected chi connectivity index (χ0v) is 13.5. The molecule has 0 aliphatic carbocycles. The molecular formula is C18H21NO4. The van der Waals surface area contributed by atoms with Gasteiger partial charge >= 0.3 is 0 Å². The first-order valence-electron chi connectivity index (χ1n) is 7.47. The van der Waals surface area contributed by atoms with E-state index < -0.39 is 6.10 Å². The summed E-state index contributed by atoms with van der Waals surface area (Å²) in [5, 5.41) is 2.82. The lowest BCUT2D eigenvalue weighted by molar-refractivity contribution is -0.122. The van der Waals surface area contributed by atoms with E-state index in [2.05, 4.69) is 5.32 Å². The molecule has 0 bridgehead atoms. The van der Waals surface area contributed by atoms with E-state index in [1.54, 1.807) is 32.2 Å². The first-order chi connectivity index (χ1) is 11.1. The van der Waals surface area contributed by atoms with Crippen molar-refractivity contribution >= 4 is 11.6 Å². The van der Waals surface area contributed by atoms with Crippen LogP contribution in [0.2, 0.25) is 0 Å². The van der Waals surface area contributed by atoms with Gasteiger partial charge in [0.05, 0.1) is 19.4 Å². The van der Waals surface area contributed by atoms with E-state index >= 15 is 0 Å². The standard InChI is InChI=1S/C18H21NO4/c1-4-22-17-11-6-5-10-16(17)19-18(20)13(2)23-15-9-7-8-14(12-15)21-3/h5-13H,4H2,1-3H3,(H,19,20). The number of benzene rings is 2. The normalized spacial score (nSPS) is 11.4. The third-order valence-corrected chi connectivity index (χ3v) is 3.17. The Kier molecular flexibility index (Phi) is 5.86.